The van der Waals surface area contributed by atoms with E-state index in [1.807, 2.05) is 30.3 Å². The third-order valence-corrected chi connectivity index (χ3v) is 6.79. The molecule has 1 N–H and O–H groups in total. The van der Waals surface area contributed by atoms with Crippen LogP contribution in [0.15, 0.2) is 66.0 Å². The van der Waals surface area contributed by atoms with Crippen LogP contribution >= 0.6 is 22.9 Å². The van der Waals surface area contributed by atoms with Gasteiger partial charge in [-0.2, -0.15) is 0 Å². The van der Waals surface area contributed by atoms with Gasteiger partial charge in [0.05, 0.1) is 16.3 Å². The summed E-state index contributed by atoms with van der Waals surface area (Å²) in [7, 11) is 0. The molecule has 1 aliphatic rings. The highest BCUT2D eigenvalue weighted by molar-refractivity contribution is 7.17. The van der Waals surface area contributed by atoms with E-state index in [9.17, 15) is 4.79 Å². The van der Waals surface area contributed by atoms with Crippen LogP contribution < -0.4 is 5.32 Å². The van der Waals surface area contributed by atoms with Crippen LogP contribution in [0.4, 0.5) is 0 Å². The van der Waals surface area contributed by atoms with E-state index in [0.717, 1.165) is 40.1 Å². The number of hydrogen-bond donors (Lipinski definition) is 1. The number of aromatic nitrogens is 1. The van der Waals surface area contributed by atoms with E-state index in [0.29, 0.717) is 12.2 Å². The van der Waals surface area contributed by atoms with Gasteiger partial charge >= 0.3 is 0 Å². The largest absolute Gasteiger partial charge is 0.344 e. The molecule has 0 saturated heterocycles. The van der Waals surface area contributed by atoms with Crippen LogP contribution in [0.1, 0.15) is 46.1 Å². The predicted molar refractivity (Wildman–Crippen MR) is 120 cm³/mol. The van der Waals surface area contributed by atoms with E-state index in [1.165, 1.54) is 11.1 Å². The van der Waals surface area contributed by atoms with Gasteiger partial charge in [0.2, 0.25) is 0 Å². The summed E-state index contributed by atoms with van der Waals surface area (Å²) in [5.74, 6) is -0.0101. The Bertz CT molecular complexity index is 1180. The summed E-state index contributed by atoms with van der Waals surface area (Å²) in [6.07, 6.45) is 3.17. The number of aryl methyl sites for hydroxylation is 1. The lowest BCUT2D eigenvalue weighted by Crippen LogP contribution is -2.32. The summed E-state index contributed by atoms with van der Waals surface area (Å²) in [5.41, 5.74) is 5.53. The summed E-state index contributed by atoms with van der Waals surface area (Å²) in [6.45, 7) is 0.640. The van der Waals surface area contributed by atoms with Crippen LogP contribution in [0, 0.1) is 0 Å². The Morgan fingerprint density at radius 1 is 1.14 bits per heavy atom. The number of carbonyl (C=O) groups excluding carboxylic acids is 1. The Balaban J connectivity index is 1.46. The number of hydrogen-bond acceptors (Lipinski definition) is 2. The first-order valence-corrected chi connectivity index (χ1v) is 11.1. The van der Waals surface area contributed by atoms with Gasteiger partial charge < -0.3 is 9.88 Å². The fraction of sp³-hybridized carbons (Fsp3) is 0.208. The SMILES string of the molecule is O=C(N[C@H]1CCCc2ccccc21)c1cc2sccc2n1Cc1ccc(Cl)cc1. The second-order valence-corrected chi connectivity index (χ2v) is 8.91. The molecule has 0 spiro atoms. The molecule has 1 aliphatic carbocycles. The monoisotopic (exact) mass is 420 g/mol. The lowest BCUT2D eigenvalue weighted by atomic mass is 9.87. The van der Waals surface area contributed by atoms with Crippen LogP contribution in [0.25, 0.3) is 10.2 Å². The number of halogens is 1. The number of rotatable bonds is 4. The third kappa shape index (κ3) is 3.59. The number of benzene rings is 2. The second kappa shape index (κ2) is 7.69. The van der Waals surface area contributed by atoms with Gasteiger partial charge in [0, 0.05) is 11.6 Å². The highest BCUT2D eigenvalue weighted by atomic mass is 35.5. The summed E-state index contributed by atoms with van der Waals surface area (Å²) >= 11 is 7.70. The zero-order valence-electron chi connectivity index (χ0n) is 15.9. The van der Waals surface area contributed by atoms with Gasteiger partial charge in [0.1, 0.15) is 5.69 Å². The van der Waals surface area contributed by atoms with E-state index < -0.39 is 0 Å². The Kier molecular flexibility index (Phi) is 4.90. The Labute approximate surface area is 178 Å². The lowest BCUT2D eigenvalue weighted by molar-refractivity contribution is 0.0924. The standard InChI is InChI=1S/C24H21ClN2OS/c25-18-10-8-16(9-11-18)15-27-21-12-13-29-23(21)14-22(27)24(28)26-20-7-3-5-17-4-1-2-6-19(17)20/h1-2,4,6,8-14,20H,3,5,7,15H2,(H,26,28)/t20-/m0/s1. The van der Waals surface area contributed by atoms with Gasteiger partial charge in [-0.3, -0.25) is 4.79 Å². The molecule has 0 bridgehead atoms. The van der Waals surface area contributed by atoms with Gasteiger partial charge in [-0.25, -0.2) is 0 Å². The lowest BCUT2D eigenvalue weighted by Gasteiger charge is -2.26. The Morgan fingerprint density at radius 2 is 1.97 bits per heavy atom. The van der Waals surface area contributed by atoms with Crippen molar-refractivity contribution >= 4 is 39.1 Å². The van der Waals surface area contributed by atoms with Crippen molar-refractivity contribution in [3.05, 3.63) is 93.5 Å². The third-order valence-electron chi connectivity index (χ3n) is 5.68. The van der Waals surface area contributed by atoms with E-state index >= 15 is 0 Å². The van der Waals surface area contributed by atoms with Gasteiger partial charge in [0.25, 0.3) is 5.91 Å². The molecule has 0 radical (unpaired) electrons. The average Bonchev–Trinajstić information content (AvgIpc) is 3.32. The number of carbonyl (C=O) groups is 1. The molecule has 2 aromatic heterocycles. The molecular formula is C24H21ClN2OS. The molecule has 0 fully saturated rings. The van der Waals surface area contributed by atoms with Gasteiger partial charge in [-0.15, -0.1) is 11.3 Å². The molecule has 1 atom stereocenters. The summed E-state index contributed by atoms with van der Waals surface area (Å²) in [6, 6.07) is 20.4. The van der Waals surface area contributed by atoms with Crippen LogP contribution in [-0.4, -0.2) is 10.5 Å². The second-order valence-electron chi connectivity index (χ2n) is 7.53. The summed E-state index contributed by atoms with van der Waals surface area (Å²) < 4.78 is 3.24. The van der Waals surface area contributed by atoms with E-state index in [4.69, 9.17) is 11.6 Å². The van der Waals surface area contributed by atoms with Crippen molar-refractivity contribution in [2.45, 2.75) is 31.8 Å². The quantitative estimate of drug-likeness (QED) is 0.418. The van der Waals surface area contributed by atoms with Gasteiger partial charge in [-0.05, 0) is 65.6 Å². The van der Waals surface area contributed by atoms with Crippen LogP contribution in [-0.2, 0) is 13.0 Å². The topological polar surface area (TPSA) is 34.0 Å². The fourth-order valence-corrected chi connectivity index (χ4v) is 5.19. The Hall–Kier alpha value is -2.56. The average molecular weight is 421 g/mol. The molecule has 5 rings (SSSR count). The number of nitrogens with one attached hydrogen (secondary N) is 1. The highest BCUT2D eigenvalue weighted by Gasteiger charge is 2.24. The molecule has 146 valence electrons. The molecule has 4 aromatic rings. The number of thiophene rings is 1. The molecule has 5 heteroatoms. The van der Waals surface area contributed by atoms with Crippen LogP contribution in [0.2, 0.25) is 5.02 Å². The normalized spacial score (nSPS) is 16.0. The number of amides is 1. The molecule has 2 heterocycles. The molecule has 1 amide bonds. The van der Waals surface area contributed by atoms with Crippen molar-refractivity contribution in [3.8, 4) is 0 Å². The number of nitrogens with zero attached hydrogens (tertiary/aromatic N) is 1. The van der Waals surface area contributed by atoms with Crippen molar-refractivity contribution in [3.63, 3.8) is 0 Å². The first-order valence-electron chi connectivity index (χ1n) is 9.89. The summed E-state index contributed by atoms with van der Waals surface area (Å²) in [4.78, 5) is 13.3. The van der Waals surface area contributed by atoms with Crippen molar-refractivity contribution in [1.29, 1.82) is 0 Å². The zero-order valence-corrected chi connectivity index (χ0v) is 17.5. The number of fused-ring (bicyclic) bond motifs is 2. The smallest absolute Gasteiger partial charge is 0.268 e. The van der Waals surface area contributed by atoms with Crippen LogP contribution in [0.5, 0.6) is 0 Å². The predicted octanol–water partition coefficient (Wildman–Crippen LogP) is 6.21. The highest BCUT2D eigenvalue weighted by Crippen LogP contribution is 2.31. The molecule has 3 nitrogen and oxygen atoms in total. The van der Waals surface area contributed by atoms with Crippen LogP contribution in [0.3, 0.4) is 0 Å². The van der Waals surface area contributed by atoms with Gasteiger partial charge in [0.15, 0.2) is 0 Å². The van der Waals surface area contributed by atoms with E-state index in [2.05, 4.69) is 45.6 Å². The molecule has 0 aliphatic heterocycles. The minimum atomic E-state index is -0.0101. The fourth-order valence-electron chi connectivity index (χ4n) is 4.24. The first kappa shape index (κ1) is 18.5. The maximum absolute atomic E-state index is 13.3. The van der Waals surface area contributed by atoms with Crippen molar-refractivity contribution in [2.75, 3.05) is 0 Å². The maximum atomic E-state index is 13.3. The molecule has 0 saturated carbocycles. The van der Waals surface area contributed by atoms with Crippen molar-refractivity contribution in [1.82, 2.24) is 9.88 Å². The van der Waals surface area contributed by atoms with Crippen molar-refractivity contribution < 1.29 is 4.79 Å². The Morgan fingerprint density at radius 3 is 2.83 bits per heavy atom. The van der Waals surface area contributed by atoms with Crippen molar-refractivity contribution in [2.24, 2.45) is 0 Å². The molecule has 0 unspecified atom stereocenters. The maximum Gasteiger partial charge on any atom is 0.268 e. The molecule has 29 heavy (non-hydrogen) atoms. The molecular weight excluding hydrogens is 400 g/mol. The minimum absolute atomic E-state index is 0.0101. The van der Waals surface area contributed by atoms with Gasteiger partial charge in [-0.1, -0.05) is 48.0 Å². The van der Waals surface area contributed by atoms with E-state index in [1.54, 1.807) is 11.3 Å². The molecule has 2 aromatic carbocycles. The summed E-state index contributed by atoms with van der Waals surface area (Å²) in [5, 5.41) is 6.09. The van der Waals surface area contributed by atoms with E-state index in [-0.39, 0.29) is 11.9 Å². The zero-order chi connectivity index (χ0) is 19.8. The minimum Gasteiger partial charge on any atom is -0.344 e. The first-order chi connectivity index (χ1) is 14.2.